The Morgan fingerprint density at radius 3 is 2.18 bits per heavy atom. The first-order valence-electron chi connectivity index (χ1n) is 7.88. The topological polar surface area (TPSA) is 135 Å². The molecule has 0 fully saturated rings. The molecule has 0 aromatic heterocycles. The third-order valence-electron chi connectivity index (χ3n) is 3.95. The van der Waals surface area contributed by atoms with Crippen molar-refractivity contribution in [1.82, 2.24) is 9.44 Å². The summed E-state index contributed by atoms with van der Waals surface area (Å²) in [5.41, 5.74) is 0.921. The lowest BCUT2D eigenvalue weighted by Gasteiger charge is -2.09. The second kappa shape index (κ2) is 8.53. The second-order valence-corrected chi connectivity index (χ2v) is 10.0. The first-order chi connectivity index (χ1) is 12.9. The largest absolute Gasteiger partial charge is 0.275 e. The molecule has 2 aromatic rings. The van der Waals surface area contributed by atoms with E-state index in [-0.39, 0.29) is 33.5 Å². The van der Waals surface area contributed by atoms with Gasteiger partial charge in [0.05, 0.1) is 20.6 Å². The molecule has 0 saturated heterocycles. The maximum absolute atomic E-state index is 12.5. The van der Waals surface area contributed by atoms with Crippen LogP contribution in [-0.4, -0.2) is 28.8 Å². The molecule has 152 valence electrons. The van der Waals surface area contributed by atoms with Crippen molar-refractivity contribution in [2.24, 2.45) is 0 Å². The normalized spacial score (nSPS) is 12.1. The third-order valence-corrected chi connectivity index (χ3v) is 7.06. The zero-order chi connectivity index (χ0) is 21.1. The first-order valence-corrected chi connectivity index (χ1v) is 11.4. The summed E-state index contributed by atoms with van der Waals surface area (Å²) in [6.07, 6.45) is 0. The van der Waals surface area contributed by atoms with E-state index in [2.05, 4.69) is 9.44 Å². The van der Waals surface area contributed by atoms with Crippen molar-refractivity contribution >= 4 is 37.3 Å². The van der Waals surface area contributed by atoms with Crippen molar-refractivity contribution in [3.8, 4) is 0 Å². The van der Waals surface area contributed by atoms with Crippen molar-refractivity contribution in [2.45, 2.75) is 24.1 Å². The highest BCUT2D eigenvalue weighted by Gasteiger charge is 2.22. The van der Waals surface area contributed by atoms with E-state index < -0.39 is 25.0 Å². The summed E-state index contributed by atoms with van der Waals surface area (Å²) in [4.78, 5) is 10.1. The van der Waals surface area contributed by atoms with Crippen LogP contribution in [0.25, 0.3) is 0 Å². The van der Waals surface area contributed by atoms with Crippen molar-refractivity contribution in [1.29, 1.82) is 0 Å². The highest BCUT2D eigenvalue weighted by molar-refractivity contribution is 7.89. The monoisotopic (exact) mass is 447 g/mol. The molecule has 0 heterocycles. The number of benzene rings is 2. The van der Waals surface area contributed by atoms with Crippen molar-refractivity contribution < 1.29 is 21.8 Å². The predicted molar refractivity (Wildman–Crippen MR) is 105 cm³/mol. The summed E-state index contributed by atoms with van der Waals surface area (Å²) < 4.78 is 52.5. The minimum absolute atomic E-state index is 0.0235. The van der Waals surface area contributed by atoms with Gasteiger partial charge in [-0.3, -0.25) is 10.1 Å². The van der Waals surface area contributed by atoms with Crippen molar-refractivity contribution in [3.63, 3.8) is 0 Å². The maximum atomic E-state index is 12.5. The molecule has 12 heteroatoms. The Bertz CT molecular complexity index is 1100. The molecule has 2 rings (SSSR count). The third kappa shape index (κ3) is 5.49. The fraction of sp³-hybridized carbons (Fsp3) is 0.250. The molecule has 0 spiro atoms. The molecular formula is C16H18ClN3O6S2. The summed E-state index contributed by atoms with van der Waals surface area (Å²) in [7, 11) is -6.13. The summed E-state index contributed by atoms with van der Waals surface area (Å²) in [5.74, 6) is -0.193. The fourth-order valence-corrected chi connectivity index (χ4v) is 4.41. The van der Waals surface area contributed by atoms with Crippen LogP contribution >= 0.6 is 11.6 Å². The molecule has 0 amide bonds. The Labute approximate surface area is 168 Å². The molecule has 0 atom stereocenters. The average Bonchev–Trinajstić information content (AvgIpc) is 2.62. The van der Waals surface area contributed by atoms with Gasteiger partial charge in [0.15, 0.2) is 0 Å². The first kappa shape index (κ1) is 22.2. The number of hydrogen-bond acceptors (Lipinski definition) is 6. The summed E-state index contributed by atoms with van der Waals surface area (Å²) >= 11 is 5.92. The molecule has 0 bridgehead atoms. The zero-order valence-electron chi connectivity index (χ0n) is 15.0. The highest BCUT2D eigenvalue weighted by atomic mass is 35.5. The Hall–Kier alpha value is -2.05. The summed E-state index contributed by atoms with van der Waals surface area (Å²) in [6, 6.07) is 8.44. The molecule has 0 unspecified atom stereocenters. The van der Waals surface area contributed by atoms with Gasteiger partial charge >= 0.3 is 0 Å². The van der Waals surface area contributed by atoms with E-state index in [4.69, 9.17) is 11.6 Å². The van der Waals surface area contributed by atoms with Crippen LogP contribution < -0.4 is 9.44 Å². The number of nitro groups is 1. The zero-order valence-corrected chi connectivity index (χ0v) is 17.4. The van der Waals surface area contributed by atoms with Gasteiger partial charge in [0, 0.05) is 18.2 Å². The number of halogens is 1. The van der Waals surface area contributed by atoms with Gasteiger partial charge in [-0.25, -0.2) is 26.3 Å². The second-order valence-electron chi connectivity index (χ2n) is 5.91. The molecule has 28 heavy (non-hydrogen) atoms. The molecule has 0 aliphatic carbocycles. The number of nitro benzene ring substituents is 1. The van der Waals surface area contributed by atoms with Gasteiger partial charge in [-0.1, -0.05) is 35.9 Å². The number of hydrogen-bond donors (Lipinski definition) is 2. The summed E-state index contributed by atoms with van der Waals surface area (Å²) in [6.45, 7) is 1.35. The molecule has 0 radical (unpaired) electrons. The molecule has 0 saturated carbocycles. The van der Waals surface area contributed by atoms with E-state index in [9.17, 15) is 26.9 Å². The fourth-order valence-electron chi connectivity index (χ4n) is 2.29. The lowest BCUT2D eigenvalue weighted by Crippen LogP contribution is -2.23. The Balaban J connectivity index is 2.17. The Kier molecular flexibility index (Phi) is 6.78. The van der Waals surface area contributed by atoms with Crippen molar-refractivity contribution in [3.05, 3.63) is 68.2 Å². The molecular weight excluding hydrogens is 430 g/mol. The number of nitrogens with one attached hydrogen (secondary N) is 2. The molecule has 2 aromatic carbocycles. The van der Waals surface area contributed by atoms with Gasteiger partial charge in [0.25, 0.3) is 5.69 Å². The van der Waals surface area contributed by atoms with E-state index in [1.54, 1.807) is 24.3 Å². The average molecular weight is 448 g/mol. The predicted octanol–water partition coefficient (Wildman–Crippen LogP) is 2.08. The summed E-state index contributed by atoms with van der Waals surface area (Å²) in [5, 5.41) is 11.0. The van der Waals surface area contributed by atoms with Crippen molar-refractivity contribution in [2.75, 3.05) is 7.05 Å². The van der Waals surface area contributed by atoms with E-state index in [0.717, 1.165) is 12.1 Å². The van der Waals surface area contributed by atoms with Gasteiger partial charge in [0.2, 0.25) is 20.0 Å². The molecule has 0 aliphatic rings. The molecule has 2 N–H and O–H groups in total. The molecule has 0 aliphatic heterocycles. The van der Waals surface area contributed by atoms with Crippen LogP contribution in [0.1, 0.15) is 16.7 Å². The van der Waals surface area contributed by atoms with E-state index in [0.29, 0.717) is 11.1 Å². The van der Waals surface area contributed by atoms with Gasteiger partial charge in [0.1, 0.15) is 0 Å². The van der Waals surface area contributed by atoms with Gasteiger partial charge in [-0.2, -0.15) is 0 Å². The Morgan fingerprint density at radius 1 is 1.07 bits per heavy atom. The van der Waals surface area contributed by atoms with E-state index in [1.807, 2.05) is 0 Å². The highest BCUT2D eigenvalue weighted by Crippen LogP contribution is 2.29. The number of nitrogens with zero attached hydrogens (tertiary/aromatic N) is 1. The van der Waals surface area contributed by atoms with Gasteiger partial charge in [-0.15, -0.1) is 0 Å². The van der Waals surface area contributed by atoms with Gasteiger partial charge < -0.3 is 0 Å². The van der Waals surface area contributed by atoms with Gasteiger partial charge in [-0.05, 0) is 31.2 Å². The lowest BCUT2D eigenvalue weighted by atomic mass is 10.1. The van der Waals surface area contributed by atoms with Crippen LogP contribution in [0.4, 0.5) is 5.69 Å². The number of rotatable bonds is 8. The van der Waals surface area contributed by atoms with Crippen LogP contribution in [0.5, 0.6) is 0 Å². The smallest absolute Gasteiger partial charge is 0.258 e. The quantitative estimate of drug-likeness (QED) is 0.469. The Morgan fingerprint density at radius 2 is 1.64 bits per heavy atom. The van der Waals surface area contributed by atoms with Crippen LogP contribution in [0.2, 0.25) is 5.02 Å². The molecule has 9 nitrogen and oxygen atoms in total. The van der Waals surface area contributed by atoms with Crippen LogP contribution in [-0.2, 0) is 32.3 Å². The maximum Gasteiger partial charge on any atom is 0.275 e. The number of sulfonamides is 2. The van der Waals surface area contributed by atoms with Crippen LogP contribution in [0.15, 0.2) is 41.3 Å². The minimum Gasteiger partial charge on any atom is -0.258 e. The van der Waals surface area contributed by atoms with Crippen LogP contribution in [0.3, 0.4) is 0 Å². The lowest BCUT2D eigenvalue weighted by molar-refractivity contribution is -0.385. The SMILES string of the molecule is CNS(=O)(=O)Cc1ccc(CNS(=O)(=O)c2cc(Cl)c(C)c([N+](=O)[O-])c2)cc1. The van der Waals surface area contributed by atoms with Crippen LogP contribution in [0, 0.1) is 17.0 Å². The van der Waals surface area contributed by atoms with E-state index >= 15 is 0 Å². The van der Waals surface area contributed by atoms with E-state index in [1.165, 1.54) is 14.0 Å². The standard InChI is InChI=1S/C16H18ClN3O6S2/c1-11-15(17)7-14(8-16(11)20(21)22)28(25,26)19-9-12-3-5-13(6-4-12)10-27(23,24)18-2/h3-8,18-19H,9-10H2,1-2H3. The minimum atomic E-state index is -4.04.